The molecular formula is C16H18N2OS. The first-order valence-corrected chi connectivity index (χ1v) is 7.84. The molecular weight excluding hydrogens is 268 g/mol. The smallest absolute Gasteiger partial charge is 0.134 e. The summed E-state index contributed by atoms with van der Waals surface area (Å²) in [6, 6.07) is 8.45. The van der Waals surface area contributed by atoms with Crippen LogP contribution in [0.15, 0.2) is 46.5 Å². The summed E-state index contributed by atoms with van der Waals surface area (Å²) in [5, 5.41) is 7.99. The van der Waals surface area contributed by atoms with Crippen molar-refractivity contribution < 1.29 is 4.42 Å². The Labute approximate surface area is 122 Å². The molecule has 3 aromatic rings. The van der Waals surface area contributed by atoms with Gasteiger partial charge in [-0.25, -0.2) is 4.98 Å². The van der Waals surface area contributed by atoms with Crippen LogP contribution in [0, 0.1) is 0 Å². The third kappa shape index (κ3) is 2.76. The van der Waals surface area contributed by atoms with Crippen LogP contribution in [0.3, 0.4) is 0 Å². The van der Waals surface area contributed by atoms with Gasteiger partial charge in [-0.3, -0.25) is 0 Å². The highest BCUT2D eigenvalue weighted by Crippen LogP contribution is 2.28. The van der Waals surface area contributed by atoms with E-state index in [1.165, 1.54) is 10.9 Å². The van der Waals surface area contributed by atoms with E-state index >= 15 is 0 Å². The largest absolute Gasteiger partial charge is 0.464 e. The van der Waals surface area contributed by atoms with Gasteiger partial charge in [-0.05, 0) is 19.0 Å². The van der Waals surface area contributed by atoms with E-state index in [9.17, 15) is 0 Å². The van der Waals surface area contributed by atoms with Gasteiger partial charge in [0.05, 0.1) is 11.3 Å². The third-order valence-corrected chi connectivity index (χ3v) is 4.19. The zero-order chi connectivity index (χ0) is 13.8. The lowest BCUT2D eigenvalue weighted by Gasteiger charge is -2.16. The summed E-state index contributed by atoms with van der Waals surface area (Å²) in [5.41, 5.74) is 2.18. The molecule has 2 aromatic heterocycles. The molecule has 0 fully saturated rings. The Hall–Kier alpha value is -1.65. The van der Waals surface area contributed by atoms with E-state index in [0.29, 0.717) is 0 Å². The first-order chi connectivity index (χ1) is 9.88. The van der Waals surface area contributed by atoms with E-state index in [4.69, 9.17) is 4.42 Å². The normalized spacial score (nSPS) is 12.8. The Kier molecular flexibility index (Phi) is 4.14. The Morgan fingerprint density at radius 1 is 1.35 bits per heavy atom. The minimum atomic E-state index is 0.254. The molecule has 1 unspecified atom stereocenters. The topological polar surface area (TPSA) is 38.1 Å². The van der Waals surface area contributed by atoms with Gasteiger partial charge in [0, 0.05) is 35.0 Å². The van der Waals surface area contributed by atoms with Gasteiger partial charge in [0.1, 0.15) is 5.58 Å². The number of fused-ring (bicyclic) bond motifs is 1. The summed E-state index contributed by atoms with van der Waals surface area (Å²) in [7, 11) is 0. The van der Waals surface area contributed by atoms with Gasteiger partial charge in [-0.2, -0.15) is 0 Å². The second kappa shape index (κ2) is 6.20. The van der Waals surface area contributed by atoms with Crippen molar-refractivity contribution in [2.24, 2.45) is 0 Å². The van der Waals surface area contributed by atoms with Crippen LogP contribution >= 0.6 is 11.3 Å². The van der Waals surface area contributed by atoms with Crippen molar-refractivity contribution in [1.82, 2.24) is 10.3 Å². The Morgan fingerprint density at radius 3 is 3.05 bits per heavy atom. The number of nitrogens with zero attached hydrogens (tertiary/aromatic N) is 1. The van der Waals surface area contributed by atoms with Crippen LogP contribution in [-0.2, 0) is 6.42 Å². The van der Waals surface area contributed by atoms with Gasteiger partial charge in [-0.15, -0.1) is 11.3 Å². The standard InChI is InChI=1S/C16H18N2OS/c1-2-7-17-14(10-16-18-8-9-20-16)13-11-19-15-6-4-3-5-12(13)15/h3-6,8-9,11,14,17H,2,7,10H2,1H3. The highest BCUT2D eigenvalue weighted by molar-refractivity contribution is 7.09. The molecule has 20 heavy (non-hydrogen) atoms. The monoisotopic (exact) mass is 286 g/mol. The van der Waals surface area contributed by atoms with Gasteiger partial charge in [0.2, 0.25) is 0 Å². The minimum absolute atomic E-state index is 0.254. The van der Waals surface area contributed by atoms with Crippen LogP contribution in [0.2, 0.25) is 0 Å². The molecule has 104 valence electrons. The first-order valence-electron chi connectivity index (χ1n) is 6.96. The van der Waals surface area contributed by atoms with E-state index in [1.807, 2.05) is 30.0 Å². The molecule has 0 aliphatic rings. The van der Waals surface area contributed by atoms with E-state index in [2.05, 4.69) is 29.4 Å². The SMILES string of the molecule is CCCNC(Cc1nccs1)c1coc2ccccc12. The van der Waals surface area contributed by atoms with Crippen LogP contribution in [0.25, 0.3) is 11.0 Å². The lowest BCUT2D eigenvalue weighted by molar-refractivity contribution is 0.518. The van der Waals surface area contributed by atoms with Gasteiger partial charge < -0.3 is 9.73 Å². The van der Waals surface area contributed by atoms with Crippen molar-refractivity contribution in [2.45, 2.75) is 25.8 Å². The zero-order valence-electron chi connectivity index (χ0n) is 11.5. The maximum atomic E-state index is 5.67. The van der Waals surface area contributed by atoms with Crippen molar-refractivity contribution in [1.29, 1.82) is 0 Å². The molecule has 2 heterocycles. The maximum Gasteiger partial charge on any atom is 0.134 e. The molecule has 1 aromatic carbocycles. The van der Waals surface area contributed by atoms with Gasteiger partial charge in [0.15, 0.2) is 0 Å². The molecule has 0 bridgehead atoms. The molecule has 0 amide bonds. The number of benzene rings is 1. The number of nitrogens with one attached hydrogen (secondary N) is 1. The third-order valence-electron chi connectivity index (χ3n) is 3.39. The number of thiazole rings is 1. The summed E-state index contributed by atoms with van der Waals surface area (Å²) in [5.74, 6) is 0. The first kappa shape index (κ1) is 13.3. The predicted octanol–water partition coefficient (Wildman–Crippen LogP) is 4.17. The molecule has 0 saturated carbocycles. The molecule has 0 aliphatic carbocycles. The highest BCUT2D eigenvalue weighted by Gasteiger charge is 2.17. The second-order valence-electron chi connectivity index (χ2n) is 4.82. The number of aromatic nitrogens is 1. The van der Waals surface area contributed by atoms with Gasteiger partial charge in [0.25, 0.3) is 0 Å². The molecule has 1 atom stereocenters. The van der Waals surface area contributed by atoms with Crippen LogP contribution in [0.4, 0.5) is 0 Å². The Balaban J connectivity index is 1.91. The maximum absolute atomic E-state index is 5.67. The molecule has 0 radical (unpaired) electrons. The van der Waals surface area contributed by atoms with E-state index < -0.39 is 0 Å². The molecule has 3 nitrogen and oxygen atoms in total. The highest BCUT2D eigenvalue weighted by atomic mass is 32.1. The fraction of sp³-hybridized carbons (Fsp3) is 0.312. The number of furan rings is 1. The summed E-state index contributed by atoms with van der Waals surface area (Å²) in [4.78, 5) is 4.40. The van der Waals surface area contributed by atoms with Crippen LogP contribution < -0.4 is 5.32 Å². The van der Waals surface area contributed by atoms with Crippen LogP contribution in [-0.4, -0.2) is 11.5 Å². The molecule has 1 N–H and O–H groups in total. The molecule has 3 rings (SSSR count). The van der Waals surface area contributed by atoms with E-state index in [1.54, 1.807) is 11.3 Å². The summed E-state index contributed by atoms with van der Waals surface area (Å²) < 4.78 is 5.67. The average molecular weight is 286 g/mol. The van der Waals surface area contributed by atoms with Gasteiger partial charge >= 0.3 is 0 Å². The lowest BCUT2D eigenvalue weighted by atomic mass is 10.0. The zero-order valence-corrected chi connectivity index (χ0v) is 12.3. The number of hydrogen-bond acceptors (Lipinski definition) is 4. The molecule has 0 saturated heterocycles. The Bertz CT molecular complexity index is 660. The number of para-hydroxylation sites is 1. The summed E-state index contributed by atoms with van der Waals surface area (Å²) in [6.07, 6.45) is 5.77. The van der Waals surface area contributed by atoms with E-state index in [-0.39, 0.29) is 6.04 Å². The molecule has 0 aliphatic heterocycles. The predicted molar refractivity (Wildman–Crippen MR) is 83.1 cm³/mol. The molecule has 4 heteroatoms. The van der Waals surface area contributed by atoms with Crippen molar-refractivity contribution in [3.8, 4) is 0 Å². The van der Waals surface area contributed by atoms with Crippen molar-refractivity contribution in [3.05, 3.63) is 52.7 Å². The van der Waals surface area contributed by atoms with Crippen LogP contribution in [0.5, 0.6) is 0 Å². The average Bonchev–Trinajstić information content (AvgIpc) is 3.12. The number of hydrogen-bond donors (Lipinski definition) is 1. The van der Waals surface area contributed by atoms with Crippen molar-refractivity contribution in [2.75, 3.05) is 6.54 Å². The quantitative estimate of drug-likeness (QED) is 0.739. The van der Waals surface area contributed by atoms with Crippen LogP contribution in [0.1, 0.15) is 30.0 Å². The van der Waals surface area contributed by atoms with Gasteiger partial charge in [-0.1, -0.05) is 25.1 Å². The summed E-state index contributed by atoms with van der Waals surface area (Å²) in [6.45, 7) is 3.18. The van der Waals surface area contributed by atoms with Crippen molar-refractivity contribution >= 4 is 22.3 Å². The lowest BCUT2D eigenvalue weighted by Crippen LogP contribution is -2.23. The summed E-state index contributed by atoms with van der Waals surface area (Å²) >= 11 is 1.71. The van der Waals surface area contributed by atoms with E-state index in [0.717, 1.165) is 30.0 Å². The minimum Gasteiger partial charge on any atom is -0.464 e. The Morgan fingerprint density at radius 2 is 2.25 bits per heavy atom. The van der Waals surface area contributed by atoms with Crippen molar-refractivity contribution in [3.63, 3.8) is 0 Å². The molecule has 0 spiro atoms. The number of rotatable bonds is 6. The second-order valence-corrected chi connectivity index (χ2v) is 5.80. The fourth-order valence-corrected chi connectivity index (χ4v) is 3.07. The fourth-order valence-electron chi connectivity index (χ4n) is 2.41.